The normalized spacial score (nSPS) is 23.6. The maximum absolute atomic E-state index is 12.2. The average molecular weight is 318 g/mol. The topological polar surface area (TPSA) is 87.2 Å². The summed E-state index contributed by atoms with van der Waals surface area (Å²) in [6.45, 7) is 1.78. The van der Waals surface area contributed by atoms with Crippen molar-refractivity contribution in [3.63, 3.8) is 0 Å². The fourth-order valence-corrected chi connectivity index (χ4v) is 3.07. The molecule has 122 valence electrons. The molecule has 1 aromatic carbocycles. The van der Waals surface area contributed by atoms with Gasteiger partial charge in [0.1, 0.15) is 0 Å². The Morgan fingerprint density at radius 1 is 1.26 bits per heavy atom. The second-order valence-corrected chi connectivity index (χ2v) is 5.72. The highest BCUT2D eigenvalue weighted by molar-refractivity contribution is 6.20. The van der Waals surface area contributed by atoms with E-state index < -0.39 is 24.5 Å². The van der Waals surface area contributed by atoms with Crippen LogP contribution in [0.3, 0.4) is 0 Å². The summed E-state index contributed by atoms with van der Waals surface area (Å²) in [5.74, 6) is -1.47. The van der Waals surface area contributed by atoms with E-state index in [0.29, 0.717) is 11.5 Å². The minimum absolute atomic E-state index is 0.0386. The Kier molecular flexibility index (Phi) is 4.14. The molecule has 2 aliphatic heterocycles. The molecule has 7 heteroatoms. The molecule has 1 saturated heterocycles. The van der Waals surface area contributed by atoms with Gasteiger partial charge in [-0.25, -0.2) is 0 Å². The summed E-state index contributed by atoms with van der Waals surface area (Å²) < 4.78 is 0. The molecule has 2 heterocycles. The Morgan fingerprint density at radius 3 is 2.43 bits per heavy atom. The zero-order valence-corrected chi connectivity index (χ0v) is 12.8. The number of aliphatic hydroxyl groups is 1. The van der Waals surface area contributed by atoms with Crippen LogP contribution in [-0.2, 0) is 9.63 Å². The van der Waals surface area contributed by atoms with Crippen LogP contribution < -0.4 is 0 Å². The molecule has 0 saturated carbocycles. The molecule has 23 heavy (non-hydrogen) atoms. The molecule has 7 nitrogen and oxygen atoms in total. The van der Waals surface area contributed by atoms with Crippen LogP contribution in [0.15, 0.2) is 24.3 Å². The molecule has 0 aliphatic carbocycles. The van der Waals surface area contributed by atoms with Gasteiger partial charge in [-0.2, -0.15) is 0 Å². The zero-order valence-electron chi connectivity index (χ0n) is 12.8. The second kappa shape index (κ2) is 6.10. The number of hydrogen-bond donors (Lipinski definition) is 1. The van der Waals surface area contributed by atoms with Crippen molar-refractivity contribution in [1.82, 2.24) is 9.96 Å². The first-order valence-corrected chi connectivity index (χ1v) is 7.61. The van der Waals surface area contributed by atoms with E-state index >= 15 is 0 Å². The highest BCUT2D eigenvalue weighted by Gasteiger charge is 2.38. The van der Waals surface area contributed by atoms with E-state index in [1.807, 2.05) is 6.92 Å². The number of hydrogen-bond acceptors (Lipinski definition) is 5. The molecule has 1 N–H and O–H groups in total. The van der Waals surface area contributed by atoms with E-state index in [0.717, 1.165) is 6.42 Å². The molecule has 0 radical (unpaired) electrons. The number of likely N-dealkylation sites (tertiary alicyclic amines) is 1. The van der Waals surface area contributed by atoms with E-state index in [2.05, 4.69) is 0 Å². The molecule has 3 amide bonds. The SMILES string of the molecule is CC[C@@H]1C[C@@H](O)CN1C(=O)CON1C(=O)c2ccccc2C1=O. The fraction of sp³-hybridized carbons (Fsp3) is 0.438. The highest BCUT2D eigenvalue weighted by atomic mass is 16.7. The smallest absolute Gasteiger partial charge is 0.285 e. The average Bonchev–Trinajstić information content (AvgIpc) is 3.05. The highest BCUT2D eigenvalue weighted by Crippen LogP contribution is 2.24. The lowest BCUT2D eigenvalue weighted by molar-refractivity contribution is -0.150. The largest absolute Gasteiger partial charge is 0.391 e. The predicted molar refractivity (Wildman–Crippen MR) is 79.3 cm³/mol. The van der Waals surface area contributed by atoms with Crippen molar-refractivity contribution in [2.75, 3.05) is 13.2 Å². The fourth-order valence-electron chi connectivity index (χ4n) is 3.07. The second-order valence-electron chi connectivity index (χ2n) is 5.72. The minimum Gasteiger partial charge on any atom is -0.391 e. The number of β-amino-alcohol motifs (C(OH)–C–C–N with tert-alkyl or cyclic N) is 1. The first-order chi connectivity index (χ1) is 11.0. The minimum atomic E-state index is -0.563. The lowest BCUT2D eigenvalue weighted by Crippen LogP contribution is -2.41. The van der Waals surface area contributed by atoms with Crippen molar-refractivity contribution >= 4 is 17.7 Å². The van der Waals surface area contributed by atoms with Crippen molar-refractivity contribution in [1.29, 1.82) is 0 Å². The Labute approximate surface area is 133 Å². The maximum atomic E-state index is 12.2. The summed E-state index contributed by atoms with van der Waals surface area (Å²) in [6.07, 6.45) is 0.730. The molecule has 0 aromatic heterocycles. The van der Waals surface area contributed by atoms with E-state index in [4.69, 9.17) is 4.84 Å². The van der Waals surface area contributed by atoms with Crippen LogP contribution in [0.25, 0.3) is 0 Å². The van der Waals surface area contributed by atoms with Gasteiger partial charge in [-0.3, -0.25) is 19.2 Å². The number of imide groups is 1. The van der Waals surface area contributed by atoms with Crippen LogP contribution >= 0.6 is 0 Å². The quantitative estimate of drug-likeness (QED) is 0.821. The number of carbonyl (C=O) groups excluding carboxylic acids is 3. The van der Waals surface area contributed by atoms with Gasteiger partial charge in [0.25, 0.3) is 17.7 Å². The standard InChI is InChI=1S/C16H18N2O5/c1-2-10-7-11(19)8-17(10)14(20)9-23-18-15(21)12-5-3-4-6-13(12)16(18)22/h3-6,10-11,19H,2,7-9H2,1H3/t10-,11-/m1/s1. The number of amides is 3. The number of nitrogens with zero attached hydrogens (tertiary/aromatic N) is 2. The number of benzene rings is 1. The van der Waals surface area contributed by atoms with Crippen LogP contribution in [0.2, 0.25) is 0 Å². The van der Waals surface area contributed by atoms with Gasteiger partial charge in [0, 0.05) is 12.6 Å². The molecule has 1 fully saturated rings. The van der Waals surface area contributed by atoms with Crippen molar-refractivity contribution in [2.45, 2.75) is 31.9 Å². The zero-order chi connectivity index (χ0) is 16.6. The van der Waals surface area contributed by atoms with Gasteiger partial charge >= 0.3 is 0 Å². The molecule has 2 atom stereocenters. The van der Waals surface area contributed by atoms with Crippen LogP contribution in [0, 0.1) is 0 Å². The molecular formula is C16H18N2O5. The molecule has 1 aromatic rings. The van der Waals surface area contributed by atoms with Crippen molar-refractivity contribution in [3.8, 4) is 0 Å². The van der Waals surface area contributed by atoms with Gasteiger partial charge in [-0.05, 0) is 25.0 Å². The Morgan fingerprint density at radius 2 is 1.87 bits per heavy atom. The van der Waals surface area contributed by atoms with E-state index in [-0.39, 0.29) is 29.6 Å². The van der Waals surface area contributed by atoms with Crippen LogP contribution in [0.4, 0.5) is 0 Å². The summed E-state index contributed by atoms with van der Waals surface area (Å²) in [4.78, 5) is 43.2. The summed E-state index contributed by atoms with van der Waals surface area (Å²) in [7, 11) is 0. The Balaban J connectivity index is 1.64. The summed E-state index contributed by atoms with van der Waals surface area (Å²) >= 11 is 0. The van der Waals surface area contributed by atoms with Gasteiger partial charge < -0.3 is 10.0 Å². The van der Waals surface area contributed by atoms with E-state index in [1.165, 1.54) is 0 Å². The molecule has 2 aliphatic rings. The van der Waals surface area contributed by atoms with Crippen molar-refractivity contribution < 1.29 is 24.3 Å². The summed E-state index contributed by atoms with van der Waals surface area (Å²) in [5.41, 5.74) is 0.543. The van der Waals surface area contributed by atoms with Gasteiger partial charge in [0.05, 0.1) is 17.2 Å². The molecule has 0 bridgehead atoms. The lowest BCUT2D eigenvalue weighted by Gasteiger charge is -2.24. The number of fused-ring (bicyclic) bond motifs is 1. The summed E-state index contributed by atoms with van der Waals surface area (Å²) in [6, 6.07) is 6.38. The van der Waals surface area contributed by atoms with Gasteiger partial charge in [0.15, 0.2) is 6.61 Å². The molecule has 0 spiro atoms. The molecule has 3 rings (SSSR count). The first-order valence-electron chi connectivity index (χ1n) is 7.61. The van der Waals surface area contributed by atoms with Crippen LogP contribution in [-0.4, -0.2) is 58.1 Å². The van der Waals surface area contributed by atoms with E-state index in [9.17, 15) is 19.5 Å². The Hall–Kier alpha value is -2.25. The van der Waals surface area contributed by atoms with Crippen molar-refractivity contribution in [2.24, 2.45) is 0 Å². The maximum Gasteiger partial charge on any atom is 0.285 e. The molecule has 0 unspecified atom stereocenters. The van der Waals surface area contributed by atoms with Gasteiger partial charge in [-0.15, -0.1) is 5.06 Å². The third-order valence-corrected chi connectivity index (χ3v) is 4.26. The van der Waals surface area contributed by atoms with Crippen molar-refractivity contribution in [3.05, 3.63) is 35.4 Å². The molecular weight excluding hydrogens is 300 g/mol. The van der Waals surface area contributed by atoms with Gasteiger partial charge in [0.2, 0.25) is 0 Å². The third-order valence-electron chi connectivity index (χ3n) is 4.26. The lowest BCUT2D eigenvalue weighted by atomic mass is 10.1. The number of rotatable bonds is 4. The van der Waals surface area contributed by atoms with E-state index in [1.54, 1.807) is 29.2 Å². The van der Waals surface area contributed by atoms with Crippen LogP contribution in [0.1, 0.15) is 40.5 Å². The third kappa shape index (κ3) is 2.73. The number of carbonyl (C=O) groups is 3. The predicted octanol–water partition coefficient (Wildman–Crippen LogP) is 0.586. The Bertz CT molecular complexity index is 625. The van der Waals surface area contributed by atoms with Gasteiger partial charge in [-0.1, -0.05) is 19.1 Å². The summed E-state index contributed by atoms with van der Waals surface area (Å²) in [5, 5.41) is 10.3. The van der Waals surface area contributed by atoms with Crippen LogP contribution in [0.5, 0.6) is 0 Å². The first kappa shape index (κ1) is 15.6. The number of hydroxylamine groups is 2. The monoisotopic (exact) mass is 318 g/mol. The number of aliphatic hydroxyl groups excluding tert-OH is 1.